The average molecular weight is 209 g/mol. The Morgan fingerprint density at radius 1 is 1.57 bits per heavy atom. The lowest BCUT2D eigenvalue weighted by Gasteiger charge is -1.98. The monoisotopic (exact) mass is 209 g/mol. The van der Waals surface area contributed by atoms with Crippen molar-refractivity contribution in [2.75, 3.05) is 6.26 Å². The number of carbonyl (C=O) groups is 1. The van der Waals surface area contributed by atoms with Gasteiger partial charge in [0.25, 0.3) is 0 Å². The molecule has 0 atom stereocenters. The van der Waals surface area contributed by atoms with Gasteiger partial charge in [0.2, 0.25) is 5.16 Å². The van der Waals surface area contributed by atoms with Crippen molar-refractivity contribution in [2.45, 2.75) is 5.16 Å². The van der Waals surface area contributed by atoms with Crippen LogP contribution in [0, 0.1) is 0 Å². The molecule has 0 aliphatic heterocycles. The molecule has 0 spiro atoms. The fourth-order valence-corrected chi connectivity index (χ4v) is 1.46. The van der Waals surface area contributed by atoms with Crippen molar-refractivity contribution >= 4 is 23.2 Å². The third kappa shape index (κ3) is 1.33. The first-order valence-corrected chi connectivity index (χ1v) is 5.07. The summed E-state index contributed by atoms with van der Waals surface area (Å²) in [6.45, 7) is 0. The minimum Gasteiger partial charge on any atom is -0.477 e. The highest BCUT2D eigenvalue weighted by atomic mass is 32.2. The van der Waals surface area contributed by atoms with Gasteiger partial charge in [-0.1, -0.05) is 11.8 Å². The maximum Gasteiger partial charge on any atom is 0.354 e. The maximum atomic E-state index is 10.8. The number of rotatable bonds is 2. The number of thioether (sulfide) groups is 1. The van der Waals surface area contributed by atoms with Crippen LogP contribution in [0.25, 0.3) is 5.52 Å². The van der Waals surface area contributed by atoms with Crippen molar-refractivity contribution in [3.63, 3.8) is 0 Å². The van der Waals surface area contributed by atoms with E-state index in [-0.39, 0.29) is 5.69 Å². The van der Waals surface area contributed by atoms with Gasteiger partial charge in [-0.05, 0) is 18.4 Å². The summed E-state index contributed by atoms with van der Waals surface area (Å²) < 4.78 is 1.38. The number of aromatic carboxylic acids is 1. The van der Waals surface area contributed by atoms with E-state index in [0.717, 1.165) is 0 Å². The van der Waals surface area contributed by atoms with Crippen LogP contribution in [-0.4, -0.2) is 31.9 Å². The molecule has 2 rings (SSSR count). The van der Waals surface area contributed by atoms with Crippen molar-refractivity contribution in [1.82, 2.24) is 14.6 Å². The van der Waals surface area contributed by atoms with E-state index in [2.05, 4.69) is 10.1 Å². The van der Waals surface area contributed by atoms with Crippen LogP contribution in [0.15, 0.2) is 23.5 Å². The van der Waals surface area contributed by atoms with Crippen molar-refractivity contribution in [1.29, 1.82) is 0 Å². The lowest BCUT2D eigenvalue weighted by atomic mass is 10.4. The third-order valence-electron chi connectivity index (χ3n) is 1.78. The quantitative estimate of drug-likeness (QED) is 0.751. The van der Waals surface area contributed by atoms with Crippen LogP contribution in [0.4, 0.5) is 0 Å². The van der Waals surface area contributed by atoms with Crippen LogP contribution in [0.5, 0.6) is 0 Å². The number of hydrogen-bond donors (Lipinski definition) is 1. The Kier molecular flexibility index (Phi) is 2.12. The Morgan fingerprint density at radius 3 is 3.00 bits per heavy atom. The van der Waals surface area contributed by atoms with Crippen molar-refractivity contribution in [3.05, 3.63) is 24.0 Å². The molecule has 14 heavy (non-hydrogen) atoms. The van der Waals surface area contributed by atoms with Gasteiger partial charge >= 0.3 is 5.97 Å². The molecule has 0 aliphatic rings. The van der Waals surface area contributed by atoms with Crippen molar-refractivity contribution in [3.8, 4) is 0 Å². The zero-order valence-electron chi connectivity index (χ0n) is 7.34. The highest BCUT2D eigenvalue weighted by molar-refractivity contribution is 7.98. The standard InChI is InChI=1S/C8H7N3O2S/c1-14-8-9-4-5-2-3-6(7(12)13)11(5)10-8/h2-4H,1H3,(H,12,13). The molecule has 2 heterocycles. The van der Waals surface area contributed by atoms with Gasteiger partial charge in [-0.2, -0.15) is 0 Å². The van der Waals surface area contributed by atoms with Crippen LogP contribution in [-0.2, 0) is 0 Å². The first-order valence-electron chi connectivity index (χ1n) is 3.84. The zero-order chi connectivity index (χ0) is 10.1. The molecule has 5 nitrogen and oxygen atoms in total. The van der Waals surface area contributed by atoms with Crippen LogP contribution < -0.4 is 0 Å². The number of nitrogens with zero attached hydrogens (tertiary/aromatic N) is 3. The second-order valence-electron chi connectivity index (χ2n) is 2.61. The Bertz CT molecular complexity index is 494. The van der Waals surface area contributed by atoms with E-state index in [1.807, 2.05) is 6.26 Å². The van der Waals surface area contributed by atoms with E-state index in [1.54, 1.807) is 12.3 Å². The van der Waals surface area contributed by atoms with Gasteiger partial charge in [-0.25, -0.2) is 14.3 Å². The topological polar surface area (TPSA) is 67.5 Å². The summed E-state index contributed by atoms with van der Waals surface area (Å²) >= 11 is 1.37. The summed E-state index contributed by atoms with van der Waals surface area (Å²) in [4.78, 5) is 14.8. The number of fused-ring (bicyclic) bond motifs is 1. The summed E-state index contributed by atoms with van der Waals surface area (Å²) in [6, 6.07) is 3.18. The number of aromatic nitrogens is 3. The molecule has 0 saturated heterocycles. The van der Waals surface area contributed by atoms with Crippen LogP contribution in [0.1, 0.15) is 10.5 Å². The summed E-state index contributed by atoms with van der Waals surface area (Å²) in [5.41, 5.74) is 0.831. The zero-order valence-corrected chi connectivity index (χ0v) is 8.15. The Hall–Kier alpha value is -1.56. The predicted octanol–water partition coefficient (Wildman–Crippen LogP) is 1.15. The van der Waals surface area contributed by atoms with Gasteiger partial charge in [-0.15, -0.1) is 5.10 Å². The molecule has 0 aliphatic carbocycles. The van der Waals surface area contributed by atoms with E-state index in [0.29, 0.717) is 10.7 Å². The molecule has 0 aromatic carbocycles. The second-order valence-corrected chi connectivity index (χ2v) is 3.38. The largest absolute Gasteiger partial charge is 0.477 e. The van der Waals surface area contributed by atoms with Crippen molar-refractivity contribution in [2.24, 2.45) is 0 Å². The van der Waals surface area contributed by atoms with Crippen LogP contribution in [0.3, 0.4) is 0 Å². The molecule has 0 radical (unpaired) electrons. The minimum atomic E-state index is -0.990. The first-order chi connectivity index (χ1) is 6.72. The van der Waals surface area contributed by atoms with Crippen LogP contribution >= 0.6 is 11.8 Å². The normalized spacial score (nSPS) is 10.6. The van der Waals surface area contributed by atoms with Gasteiger partial charge in [0.15, 0.2) is 5.69 Å². The van der Waals surface area contributed by atoms with E-state index >= 15 is 0 Å². The summed E-state index contributed by atoms with van der Waals surface area (Å²) in [5.74, 6) is -0.990. The first kappa shape index (κ1) is 9.01. The molecule has 0 amide bonds. The summed E-state index contributed by atoms with van der Waals surface area (Å²) in [7, 11) is 0. The van der Waals surface area contributed by atoms with E-state index in [4.69, 9.17) is 5.11 Å². The third-order valence-corrected chi connectivity index (χ3v) is 2.33. The highest BCUT2D eigenvalue weighted by Gasteiger charge is 2.10. The van der Waals surface area contributed by atoms with Gasteiger partial charge in [-0.3, -0.25) is 0 Å². The Labute approximate surface area is 83.8 Å². The second kappa shape index (κ2) is 3.30. The number of hydrogen-bond acceptors (Lipinski definition) is 4. The predicted molar refractivity (Wildman–Crippen MR) is 51.7 cm³/mol. The van der Waals surface area contributed by atoms with Gasteiger partial charge < -0.3 is 5.11 Å². The Balaban J connectivity index is 2.69. The minimum absolute atomic E-state index is 0.151. The smallest absolute Gasteiger partial charge is 0.354 e. The molecule has 0 fully saturated rings. The average Bonchev–Trinajstić information content (AvgIpc) is 2.59. The highest BCUT2D eigenvalue weighted by Crippen LogP contribution is 2.11. The van der Waals surface area contributed by atoms with E-state index < -0.39 is 5.97 Å². The molecule has 0 bridgehead atoms. The molecule has 72 valence electrons. The Morgan fingerprint density at radius 2 is 2.36 bits per heavy atom. The fourth-order valence-electron chi connectivity index (χ4n) is 1.14. The SMILES string of the molecule is CSc1ncc2ccc(C(=O)O)n2n1. The van der Waals surface area contributed by atoms with E-state index in [9.17, 15) is 4.79 Å². The molecule has 0 unspecified atom stereocenters. The fraction of sp³-hybridized carbons (Fsp3) is 0.125. The lowest BCUT2D eigenvalue weighted by Crippen LogP contribution is -2.05. The maximum absolute atomic E-state index is 10.8. The van der Waals surface area contributed by atoms with E-state index in [1.165, 1.54) is 22.3 Å². The molecule has 1 N–H and O–H groups in total. The lowest BCUT2D eigenvalue weighted by molar-refractivity contribution is 0.0688. The van der Waals surface area contributed by atoms with Gasteiger partial charge in [0.1, 0.15) is 0 Å². The molecular formula is C8H7N3O2S. The van der Waals surface area contributed by atoms with Gasteiger partial charge in [0.05, 0.1) is 11.7 Å². The number of carboxylic acids is 1. The summed E-state index contributed by atoms with van der Waals surface area (Å²) in [5, 5.41) is 13.5. The summed E-state index contributed by atoms with van der Waals surface area (Å²) in [6.07, 6.45) is 3.44. The van der Waals surface area contributed by atoms with Gasteiger partial charge in [0, 0.05) is 0 Å². The van der Waals surface area contributed by atoms with Crippen LogP contribution in [0.2, 0.25) is 0 Å². The molecule has 2 aromatic heterocycles. The molecule has 6 heteroatoms. The molecule has 0 saturated carbocycles. The molecule has 2 aromatic rings. The number of carboxylic acid groups (broad SMARTS) is 1. The molecular weight excluding hydrogens is 202 g/mol. The van der Waals surface area contributed by atoms with Crippen molar-refractivity contribution < 1.29 is 9.90 Å².